The molecule has 0 saturated heterocycles. The van der Waals surface area contributed by atoms with Gasteiger partial charge in [0.2, 0.25) is 0 Å². The molecule has 0 bridgehead atoms. The van der Waals surface area contributed by atoms with E-state index < -0.39 is 0 Å². The van der Waals surface area contributed by atoms with Gasteiger partial charge in [0.05, 0.1) is 15.2 Å². The Kier molecular flexibility index (Phi) is 2.75. The van der Waals surface area contributed by atoms with Gasteiger partial charge in [-0.25, -0.2) is 4.98 Å². The molecule has 7 heteroatoms. The zero-order valence-electron chi connectivity index (χ0n) is 10.4. The Morgan fingerprint density at radius 1 is 1.35 bits per heavy atom. The number of anilines is 1. The fourth-order valence-electron chi connectivity index (χ4n) is 1.98. The molecule has 1 saturated carbocycles. The Labute approximate surface area is 122 Å². The second-order valence-electron chi connectivity index (χ2n) is 4.75. The van der Waals surface area contributed by atoms with Crippen molar-refractivity contribution in [1.82, 2.24) is 14.6 Å². The van der Waals surface area contributed by atoms with Crippen LogP contribution in [-0.4, -0.2) is 20.5 Å². The van der Waals surface area contributed by atoms with Crippen molar-refractivity contribution in [2.45, 2.75) is 18.8 Å². The average molecular weight is 302 g/mol. The molecular formula is C13H10N4OS2. The summed E-state index contributed by atoms with van der Waals surface area (Å²) in [6, 6.07) is 5.79. The molecule has 2 heterocycles. The van der Waals surface area contributed by atoms with Crippen LogP contribution >= 0.6 is 22.9 Å². The highest BCUT2D eigenvalue weighted by Gasteiger charge is 2.27. The van der Waals surface area contributed by atoms with E-state index in [1.165, 1.54) is 17.8 Å². The number of hydrogen-bond acceptors (Lipinski definition) is 6. The normalized spacial score (nSPS) is 14.6. The highest BCUT2D eigenvalue weighted by Crippen LogP contribution is 2.43. The third-order valence-electron chi connectivity index (χ3n) is 3.18. The zero-order chi connectivity index (χ0) is 13.5. The molecule has 0 spiro atoms. The number of hydrogen-bond donors (Lipinski definition) is 1. The van der Waals surface area contributed by atoms with E-state index in [1.807, 2.05) is 18.2 Å². The first-order chi connectivity index (χ1) is 9.79. The summed E-state index contributed by atoms with van der Waals surface area (Å²) in [5.41, 5.74) is 2.12. The Morgan fingerprint density at radius 3 is 3.00 bits per heavy atom. The van der Waals surface area contributed by atoms with Crippen molar-refractivity contribution in [3.8, 4) is 0 Å². The lowest BCUT2D eigenvalue weighted by Crippen LogP contribution is -2.12. The maximum absolute atomic E-state index is 11.9. The summed E-state index contributed by atoms with van der Waals surface area (Å²) in [6.45, 7) is 0. The van der Waals surface area contributed by atoms with Gasteiger partial charge in [-0.2, -0.15) is 0 Å². The number of nitrogens with zero attached hydrogens (tertiary/aromatic N) is 3. The van der Waals surface area contributed by atoms with E-state index in [9.17, 15) is 4.79 Å². The van der Waals surface area contributed by atoms with Gasteiger partial charge in [-0.05, 0) is 42.6 Å². The summed E-state index contributed by atoms with van der Waals surface area (Å²) < 4.78 is 4.80. The number of amides is 1. The van der Waals surface area contributed by atoms with E-state index >= 15 is 0 Å². The van der Waals surface area contributed by atoms with Crippen molar-refractivity contribution in [2.24, 2.45) is 0 Å². The summed E-state index contributed by atoms with van der Waals surface area (Å²) in [6.07, 6.45) is 2.50. The fourth-order valence-corrected chi connectivity index (χ4v) is 3.60. The SMILES string of the molecule is O=C(Nc1ccc2nc(C3CC3)sc2c1)c1csnn1. The number of aromatic nitrogens is 3. The van der Waals surface area contributed by atoms with E-state index in [0.717, 1.165) is 27.4 Å². The van der Waals surface area contributed by atoms with Gasteiger partial charge in [-0.15, -0.1) is 16.4 Å². The zero-order valence-corrected chi connectivity index (χ0v) is 12.0. The number of nitrogens with one attached hydrogen (secondary N) is 1. The third-order valence-corrected chi connectivity index (χ3v) is 4.87. The van der Waals surface area contributed by atoms with Crippen molar-refractivity contribution in [3.05, 3.63) is 34.3 Å². The molecule has 0 aliphatic heterocycles. The van der Waals surface area contributed by atoms with E-state index in [0.29, 0.717) is 11.6 Å². The largest absolute Gasteiger partial charge is 0.321 e. The van der Waals surface area contributed by atoms with Gasteiger partial charge in [0.15, 0.2) is 5.69 Å². The van der Waals surface area contributed by atoms with Gasteiger partial charge >= 0.3 is 0 Å². The predicted octanol–water partition coefficient (Wildman–Crippen LogP) is 3.28. The molecule has 1 aliphatic rings. The third kappa shape index (κ3) is 2.19. The molecule has 1 fully saturated rings. The molecule has 20 heavy (non-hydrogen) atoms. The fraction of sp³-hybridized carbons (Fsp3) is 0.231. The van der Waals surface area contributed by atoms with E-state index in [2.05, 4.69) is 19.9 Å². The van der Waals surface area contributed by atoms with Crippen molar-refractivity contribution in [3.63, 3.8) is 0 Å². The van der Waals surface area contributed by atoms with E-state index in [4.69, 9.17) is 0 Å². The Morgan fingerprint density at radius 2 is 2.25 bits per heavy atom. The molecule has 2 aromatic heterocycles. The van der Waals surface area contributed by atoms with Gasteiger partial charge in [-0.3, -0.25) is 4.79 Å². The van der Waals surface area contributed by atoms with E-state index in [-0.39, 0.29) is 5.91 Å². The molecule has 4 rings (SSSR count). The van der Waals surface area contributed by atoms with Gasteiger partial charge in [0, 0.05) is 17.0 Å². The number of rotatable bonds is 3. The van der Waals surface area contributed by atoms with Crippen LogP contribution in [0.4, 0.5) is 5.69 Å². The van der Waals surface area contributed by atoms with Crippen LogP contribution in [0.25, 0.3) is 10.2 Å². The molecule has 1 aliphatic carbocycles. The minimum absolute atomic E-state index is 0.231. The van der Waals surface area contributed by atoms with Crippen LogP contribution in [-0.2, 0) is 0 Å². The van der Waals surface area contributed by atoms with Gasteiger partial charge in [0.25, 0.3) is 5.91 Å². The molecule has 0 unspecified atom stereocenters. The predicted molar refractivity (Wildman–Crippen MR) is 79.5 cm³/mol. The summed E-state index contributed by atoms with van der Waals surface area (Å²) in [5.74, 6) is 0.427. The average Bonchev–Trinajstić information content (AvgIpc) is 3.00. The Bertz CT molecular complexity index is 777. The van der Waals surface area contributed by atoms with Crippen molar-refractivity contribution in [2.75, 3.05) is 5.32 Å². The molecule has 5 nitrogen and oxygen atoms in total. The van der Waals surface area contributed by atoms with Crippen LogP contribution in [0.15, 0.2) is 23.6 Å². The lowest BCUT2D eigenvalue weighted by Gasteiger charge is -2.02. The number of carbonyl (C=O) groups is 1. The maximum atomic E-state index is 11.9. The van der Waals surface area contributed by atoms with Crippen molar-refractivity contribution >= 4 is 44.7 Å². The molecule has 1 aromatic carbocycles. The summed E-state index contributed by atoms with van der Waals surface area (Å²) in [5, 5.41) is 9.44. The lowest BCUT2D eigenvalue weighted by molar-refractivity contribution is 0.102. The minimum atomic E-state index is -0.231. The second-order valence-corrected chi connectivity index (χ2v) is 6.43. The van der Waals surface area contributed by atoms with Crippen molar-refractivity contribution < 1.29 is 4.79 Å². The van der Waals surface area contributed by atoms with Crippen LogP contribution in [0, 0.1) is 0 Å². The van der Waals surface area contributed by atoms with Crippen LogP contribution in [0.5, 0.6) is 0 Å². The Hall–Kier alpha value is -1.86. The molecular weight excluding hydrogens is 292 g/mol. The summed E-state index contributed by atoms with van der Waals surface area (Å²) >= 11 is 2.88. The molecule has 100 valence electrons. The van der Waals surface area contributed by atoms with Crippen molar-refractivity contribution in [1.29, 1.82) is 0 Å². The number of carbonyl (C=O) groups excluding carboxylic acids is 1. The standard InChI is InChI=1S/C13H10N4OS2/c18-12(10-6-19-17-16-10)14-8-3-4-9-11(5-8)20-13(15-9)7-1-2-7/h3-7H,1-2H2,(H,14,18). The number of benzene rings is 1. The van der Waals surface area contributed by atoms with Gasteiger partial charge in [-0.1, -0.05) is 4.49 Å². The summed E-state index contributed by atoms with van der Waals surface area (Å²) in [4.78, 5) is 16.5. The highest BCUT2D eigenvalue weighted by atomic mass is 32.1. The quantitative estimate of drug-likeness (QED) is 0.806. The number of thiazole rings is 1. The maximum Gasteiger partial charge on any atom is 0.277 e. The van der Waals surface area contributed by atoms with Gasteiger partial charge in [0.1, 0.15) is 0 Å². The monoisotopic (exact) mass is 302 g/mol. The van der Waals surface area contributed by atoms with Crippen LogP contribution in [0.3, 0.4) is 0 Å². The molecule has 1 amide bonds. The first-order valence-corrected chi connectivity index (χ1v) is 7.94. The molecule has 1 N–H and O–H groups in total. The molecule has 0 atom stereocenters. The second kappa shape index (κ2) is 4.60. The first-order valence-electron chi connectivity index (χ1n) is 6.28. The van der Waals surface area contributed by atoms with E-state index in [1.54, 1.807) is 16.7 Å². The number of fused-ring (bicyclic) bond motifs is 1. The minimum Gasteiger partial charge on any atom is -0.321 e. The summed E-state index contributed by atoms with van der Waals surface area (Å²) in [7, 11) is 0. The van der Waals surface area contributed by atoms with Crippen LogP contribution < -0.4 is 5.32 Å². The Balaban J connectivity index is 1.61. The molecule has 0 radical (unpaired) electrons. The van der Waals surface area contributed by atoms with Gasteiger partial charge < -0.3 is 5.32 Å². The highest BCUT2D eigenvalue weighted by molar-refractivity contribution is 7.18. The first kappa shape index (κ1) is 11.9. The van der Waals surface area contributed by atoms with Crippen LogP contribution in [0.1, 0.15) is 34.3 Å². The topological polar surface area (TPSA) is 67.8 Å². The van der Waals surface area contributed by atoms with Crippen LogP contribution in [0.2, 0.25) is 0 Å². The molecule has 3 aromatic rings. The smallest absolute Gasteiger partial charge is 0.277 e. The lowest BCUT2D eigenvalue weighted by atomic mass is 10.3.